The van der Waals surface area contributed by atoms with Crippen LogP contribution in [-0.4, -0.2) is 62.1 Å². The van der Waals surface area contributed by atoms with Gasteiger partial charge in [-0.15, -0.1) is 0 Å². The van der Waals surface area contributed by atoms with Crippen LogP contribution in [0.2, 0.25) is 0 Å². The molecule has 0 bridgehead atoms. The van der Waals surface area contributed by atoms with Crippen molar-refractivity contribution in [1.29, 1.82) is 0 Å². The van der Waals surface area contributed by atoms with E-state index in [1.165, 1.54) is 11.1 Å². The zero-order chi connectivity index (χ0) is 19.9. The van der Waals surface area contributed by atoms with Crippen LogP contribution in [-0.2, 0) is 0 Å². The van der Waals surface area contributed by atoms with Gasteiger partial charge in [0.25, 0.3) is 5.91 Å². The van der Waals surface area contributed by atoms with E-state index in [-0.39, 0.29) is 11.9 Å². The number of hydrogen-bond acceptors (Lipinski definition) is 4. The van der Waals surface area contributed by atoms with Crippen LogP contribution in [0.3, 0.4) is 0 Å². The Balaban J connectivity index is 1.68. The van der Waals surface area contributed by atoms with Crippen LogP contribution in [0.4, 0.5) is 0 Å². The molecule has 0 saturated carbocycles. The first kappa shape index (κ1) is 20.4. The molecule has 1 saturated heterocycles. The van der Waals surface area contributed by atoms with Gasteiger partial charge < -0.3 is 15.0 Å². The van der Waals surface area contributed by atoms with E-state index in [4.69, 9.17) is 4.74 Å². The number of ether oxygens (including phenoxy) is 1. The monoisotopic (exact) mass is 381 g/mol. The van der Waals surface area contributed by atoms with E-state index in [9.17, 15) is 4.79 Å². The van der Waals surface area contributed by atoms with Crippen LogP contribution in [0.1, 0.15) is 34.5 Å². The molecule has 1 heterocycles. The minimum absolute atomic E-state index is 0.0470. The molecular weight excluding hydrogens is 350 g/mol. The minimum atomic E-state index is -0.0470. The van der Waals surface area contributed by atoms with Gasteiger partial charge in [0.2, 0.25) is 0 Å². The first-order valence-electron chi connectivity index (χ1n) is 10.1. The predicted molar refractivity (Wildman–Crippen MR) is 113 cm³/mol. The fraction of sp³-hybridized carbons (Fsp3) is 0.435. The second kappa shape index (κ2) is 9.71. The third kappa shape index (κ3) is 5.33. The average molecular weight is 382 g/mol. The summed E-state index contributed by atoms with van der Waals surface area (Å²) in [5, 5.41) is 3.14. The fourth-order valence-corrected chi connectivity index (χ4v) is 3.54. The smallest absolute Gasteiger partial charge is 0.251 e. The Morgan fingerprint density at radius 2 is 1.68 bits per heavy atom. The van der Waals surface area contributed by atoms with Crippen molar-refractivity contribution in [2.24, 2.45) is 0 Å². The second-order valence-electron chi connectivity index (χ2n) is 7.43. The summed E-state index contributed by atoms with van der Waals surface area (Å²) in [5.74, 6) is 0.739. The lowest BCUT2D eigenvalue weighted by molar-refractivity contribution is 0.0886. The molecule has 1 N–H and O–H groups in total. The van der Waals surface area contributed by atoms with Gasteiger partial charge in [0.1, 0.15) is 5.75 Å². The SMILES string of the molecule is CCOc1ccc(C(=O)NC[C@H](c2ccc(C)cc2)N2CCN(C)CC2)cc1. The predicted octanol–water partition coefficient (Wildman–Crippen LogP) is 3.11. The van der Waals surface area contributed by atoms with Crippen molar-refractivity contribution in [2.45, 2.75) is 19.9 Å². The molecule has 1 atom stereocenters. The van der Waals surface area contributed by atoms with E-state index >= 15 is 0 Å². The topological polar surface area (TPSA) is 44.8 Å². The third-order valence-corrected chi connectivity index (χ3v) is 5.32. The van der Waals surface area contributed by atoms with Crippen LogP contribution in [0, 0.1) is 6.92 Å². The maximum atomic E-state index is 12.7. The van der Waals surface area contributed by atoms with Crippen molar-refractivity contribution < 1.29 is 9.53 Å². The largest absolute Gasteiger partial charge is 0.494 e. The number of piperazine rings is 1. The molecule has 1 aliphatic rings. The van der Waals surface area contributed by atoms with Crippen molar-refractivity contribution >= 4 is 5.91 Å². The van der Waals surface area contributed by atoms with Crippen molar-refractivity contribution in [3.8, 4) is 5.75 Å². The van der Waals surface area contributed by atoms with Crippen molar-refractivity contribution in [3.05, 3.63) is 65.2 Å². The van der Waals surface area contributed by atoms with Crippen molar-refractivity contribution in [1.82, 2.24) is 15.1 Å². The number of benzene rings is 2. The van der Waals surface area contributed by atoms with Gasteiger partial charge in [0.15, 0.2) is 0 Å². The molecule has 2 aromatic rings. The summed E-state index contributed by atoms with van der Waals surface area (Å²) in [6.45, 7) is 9.38. The highest BCUT2D eigenvalue weighted by Crippen LogP contribution is 2.22. The molecule has 0 aliphatic carbocycles. The number of nitrogens with one attached hydrogen (secondary N) is 1. The Hall–Kier alpha value is -2.37. The van der Waals surface area contributed by atoms with Gasteiger partial charge in [-0.25, -0.2) is 0 Å². The molecule has 1 amide bonds. The van der Waals surface area contributed by atoms with Crippen LogP contribution in [0.5, 0.6) is 5.75 Å². The number of carbonyl (C=O) groups excluding carboxylic acids is 1. The van der Waals surface area contributed by atoms with Gasteiger partial charge in [-0.1, -0.05) is 29.8 Å². The van der Waals surface area contributed by atoms with Gasteiger partial charge in [0, 0.05) is 38.3 Å². The summed E-state index contributed by atoms with van der Waals surface area (Å²) >= 11 is 0. The molecule has 1 aliphatic heterocycles. The first-order valence-corrected chi connectivity index (χ1v) is 10.1. The van der Waals surface area contributed by atoms with Crippen LogP contribution >= 0.6 is 0 Å². The fourth-order valence-electron chi connectivity index (χ4n) is 3.54. The lowest BCUT2D eigenvalue weighted by Crippen LogP contribution is -2.48. The molecule has 3 rings (SSSR count). The molecule has 5 nitrogen and oxygen atoms in total. The summed E-state index contributed by atoms with van der Waals surface area (Å²) in [6, 6.07) is 16.2. The van der Waals surface area contributed by atoms with Gasteiger partial charge in [-0.2, -0.15) is 0 Å². The molecule has 2 aromatic carbocycles. The number of nitrogens with zero attached hydrogens (tertiary/aromatic N) is 2. The summed E-state index contributed by atoms with van der Waals surface area (Å²) in [6.07, 6.45) is 0. The van der Waals surface area contributed by atoms with Gasteiger partial charge in [-0.3, -0.25) is 9.69 Å². The zero-order valence-electron chi connectivity index (χ0n) is 17.1. The molecule has 0 radical (unpaired) electrons. The van der Waals surface area contributed by atoms with E-state index in [0.717, 1.165) is 31.9 Å². The van der Waals surface area contributed by atoms with Crippen LogP contribution in [0.25, 0.3) is 0 Å². The lowest BCUT2D eigenvalue weighted by atomic mass is 10.0. The Morgan fingerprint density at radius 3 is 2.29 bits per heavy atom. The Morgan fingerprint density at radius 1 is 1.04 bits per heavy atom. The van der Waals surface area contributed by atoms with Gasteiger partial charge >= 0.3 is 0 Å². The molecule has 0 unspecified atom stereocenters. The highest BCUT2D eigenvalue weighted by Gasteiger charge is 2.24. The van der Waals surface area contributed by atoms with E-state index in [2.05, 4.69) is 53.4 Å². The second-order valence-corrected chi connectivity index (χ2v) is 7.43. The summed E-state index contributed by atoms with van der Waals surface area (Å²) in [4.78, 5) is 17.5. The third-order valence-electron chi connectivity index (χ3n) is 5.32. The van der Waals surface area contributed by atoms with Gasteiger partial charge in [-0.05, 0) is 50.7 Å². The Bertz CT molecular complexity index is 750. The molecule has 150 valence electrons. The maximum absolute atomic E-state index is 12.7. The molecule has 1 fully saturated rings. The molecule has 0 spiro atoms. The van der Waals surface area contributed by atoms with E-state index in [1.54, 1.807) is 0 Å². The highest BCUT2D eigenvalue weighted by atomic mass is 16.5. The van der Waals surface area contributed by atoms with Crippen molar-refractivity contribution in [3.63, 3.8) is 0 Å². The number of amides is 1. The Kier molecular flexibility index (Phi) is 7.06. The number of carbonyl (C=O) groups is 1. The lowest BCUT2D eigenvalue weighted by Gasteiger charge is -2.38. The molecule has 0 aromatic heterocycles. The van der Waals surface area contributed by atoms with Gasteiger partial charge in [0.05, 0.1) is 12.6 Å². The maximum Gasteiger partial charge on any atom is 0.251 e. The standard InChI is InChI=1S/C23H31N3O2/c1-4-28-21-11-9-20(10-12-21)23(27)24-17-22(19-7-5-18(2)6-8-19)26-15-13-25(3)14-16-26/h5-12,22H,4,13-17H2,1-3H3,(H,24,27)/t22-/m1/s1. The molecular formula is C23H31N3O2. The normalized spacial score (nSPS) is 16.5. The van der Waals surface area contributed by atoms with E-state index < -0.39 is 0 Å². The molecule has 5 heteroatoms. The minimum Gasteiger partial charge on any atom is -0.494 e. The first-order chi connectivity index (χ1) is 13.6. The summed E-state index contributed by atoms with van der Waals surface area (Å²) in [5.41, 5.74) is 3.16. The Labute approximate surface area is 168 Å². The zero-order valence-corrected chi connectivity index (χ0v) is 17.1. The van der Waals surface area contributed by atoms with Crippen LogP contribution < -0.4 is 10.1 Å². The van der Waals surface area contributed by atoms with E-state index in [0.29, 0.717) is 18.7 Å². The number of hydrogen-bond donors (Lipinski definition) is 1. The highest BCUT2D eigenvalue weighted by molar-refractivity contribution is 5.94. The van der Waals surface area contributed by atoms with Crippen molar-refractivity contribution in [2.75, 3.05) is 46.4 Å². The van der Waals surface area contributed by atoms with E-state index in [1.807, 2.05) is 31.2 Å². The quantitative estimate of drug-likeness (QED) is 0.800. The van der Waals surface area contributed by atoms with Crippen LogP contribution in [0.15, 0.2) is 48.5 Å². The average Bonchev–Trinajstić information content (AvgIpc) is 2.71. The number of likely N-dealkylation sites (N-methyl/N-ethyl adjacent to an activating group) is 1. The summed E-state index contributed by atoms with van der Waals surface area (Å²) < 4.78 is 5.45. The molecule has 28 heavy (non-hydrogen) atoms. The summed E-state index contributed by atoms with van der Waals surface area (Å²) in [7, 11) is 2.16. The number of aryl methyl sites for hydroxylation is 1. The number of rotatable bonds is 7.